The van der Waals surface area contributed by atoms with Gasteiger partial charge in [-0.1, -0.05) is 24.3 Å². The first kappa shape index (κ1) is 19.5. The Balaban J connectivity index is 0.00000205. The van der Waals surface area contributed by atoms with Crippen LogP contribution in [0, 0.1) is 18.8 Å². The number of fused-ring (bicyclic) bond motifs is 1. The van der Waals surface area contributed by atoms with Crippen molar-refractivity contribution in [3.8, 4) is 5.95 Å². The summed E-state index contributed by atoms with van der Waals surface area (Å²) in [4.78, 5) is 21.6. The number of hydrogen-bond donors (Lipinski definition) is 1. The maximum absolute atomic E-state index is 13.0. The van der Waals surface area contributed by atoms with Crippen LogP contribution in [0.15, 0.2) is 36.9 Å². The summed E-state index contributed by atoms with van der Waals surface area (Å²) in [6.45, 7) is 4.64. The Morgan fingerprint density at radius 1 is 1.14 bits per heavy atom. The summed E-state index contributed by atoms with van der Waals surface area (Å²) < 4.78 is 1.56. The Morgan fingerprint density at radius 2 is 1.90 bits per heavy atom. The summed E-state index contributed by atoms with van der Waals surface area (Å²) in [6, 6.07) is 8.89. The van der Waals surface area contributed by atoms with Gasteiger partial charge in [-0.2, -0.15) is 4.98 Å². The van der Waals surface area contributed by atoms with Crippen molar-refractivity contribution in [2.75, 3.05) is 26.7 Å². The lowest BCUT2D eigenvalue weighted by atomic mass is 9.88. The zero-order chi connectivity index (χ0) is 19.3. The molecule has 1 amide bonds. The number of halogens is 1. The van der Waals surface area contributed by atoms with E-state index in [0.717, 1.165) is 19.6 Å². The van der Waals surface area contributed by atoms with Crippen LogP contribution in [-0.2, 0) is 0 Å². The van der Waals surface area contributed by atoms with E-state index >= 15 is 0 Å². The molecule has 3 aromatic rings. The maximum atomic E-state index is 13.0. The largest absolute Gasteiger partial charge is 0.335 e. The summed E-state index contributed by atoms with van der Waals surface area (Å²) >= 11 is 0. The number of aryl methyl sites for hydroxylation is 1. The van der Waals surface area contributed by atoms with Crippen molar-refractivity contribution in [3.63, 3.8) is 0 Å². The predicted octanol–water partition coefficient (Wildman–Crippen LogP) is 1.49. The van der Waals surface area contributed by atoms with Gasteiger partial charge in [-0.3, -0.25) is 19.4 Å². The normalized spacial score (nSPS) is 23.8. The first-order valence-electron chi connectivity index (χ1n) is 9.44. The predicted molar refractivity (Wildman–Crippen MR) is 108 cm³/mol. The van der Waals surface area contributed by atoms with Gasteiger partial charge in [0.15, 0.2) is 0 Å². The number of nitrogens with zero attached hydrogens (tertiary/aromatic N) is 7. The molecular formula is C19H23ClN8O. The van der Waals surface area contributed by atoms with E-state index in [1.807, 2.05) is 4.90 Å². The van der Waals surface area contributed by atoms with E-state index in [1.54, 1.807) is 4.57 Å². The number of hydrogen-bond acceptors (Lipinski definition) is 6. The maximum Gasteiger partial charge on any atom is 0.291 e. The van der Waals surface area contributed by atoms with Crippen LogP contribution in [0.25, 0.3) is 5.95 Å². The number of carbonyl (C=O) groups excluding carboxylic acids is 1. The highest BCUT2D eigenvalue weighted by atomic mass is 35.5. The number of aromatic nitrogens is 6. The van der Waals surface area contributed by atoms with Gasteiger partial charge >= 0.3 is 0 Å². The second-order valence-corrected chi connectivity index (χ2v) is 7.73. The Labute approximate surface area is 174 Å². The standard InChI is InChI=1S/C19H22N8O.ClH/c1-12-5-3-4-6-14(12)16-15-9-26(8-13(15)7-25(16)2)18(28)17-22-19(24-23-17)27-10-20-21-11-27;/h3-6,10-11,13,15-16H,7-9H2,1-2H3,(H,22,23,24);1H/t13-,15+,16-;/m0./s1. The van der Waals surface area contributed by atoms with Gasteiger partial charge < -0.3 is 4.90 Å². The van der Waals surface area contributed by atoms with Crippen molar-refractivity contribution in [1.82, 2.24) is 39.7 Å². The van der Waals surface area contributed by atoms with Gasteiger partial charge in [0.05, 0.1) is 0 Å². The third-order valence-corrected chi connectivity index (χ3v) is 6.01. The topological polar surface area (TPSA) is 95.8 Å². The molecule has 2 saturated heterocycles. The Hall–Kier alpha value is -2.78. The molecule has 10 heteroatoms. The van der Waals surface area contributed by atoms with Crippen molar-refractivity contribution in [2.45, 2.75) is 13.0 Å². The third kappa shape index (κ3) is 3.30. The number of aromatic amines is 1. The molecule has 152 valence electrons. The number of H-pyrrole nitrogens is 1. The molecule has 2 aliphatic heterocycles. The average Bonchev–Trinajstić information content (AvgIpc) is 3.45. The molecule has 29 heavy (non-hydrogen) atoms. The number of carbonyl (C=O) groups is 1. The first-order valence-corrected chi connectivity index (χ1v) is 9.44. The summed E-state index contributed by atoms with van der Waals surface area (Å²) in [5.41, 5.74) is 2.67. The SMILES string of the molecule is Cc1ccccc1[C@H]1[C@@H]2CN(C(=O)c3nc(-n4cnnc4)n[nH]3)C[C@@H]2CN1C.Cl. The van der Waals surface area contributed by atoms with Gasteiger partial charge in [-0.15, -0.1) is 27.7 Å². The van der Waals surface area contributed by atoms with E-state index in [4.69, 9.17) is 0 Å². The van der Waals surface area contributed by atoms with E-state index in [2.05, 4.69) is 68.5 Å². The molecular weight excluding hydrogens is 392 g/mol. The van der Waals surface area contributed by atoms with Crippen LogP contribution >= 0.6 is 12.4 Å². The smallest absolute Gasteiger partial charge is 0.291 e. The highest BCUT2D eigenvalue weighted by molar-refractivity contribution is 5.90. The van der Waals surface area contributed by atoms with Gasteiger partial charge in [0, 0.05) is 31.6 Å². The molecule has 1 N–H and O–H groups in total. The highest BCUT2D eigenvalue weighted by Crippen LogP contribution is 2.44. The van der Waals surface area contributed by atoms with Crippen LogP contribution in [0.5, 0.6) is 0 Å². The fourth-order valence-electron chi connectivity index (χ4n) is 4.73. The van der Waals surface area contributed by atoms with Crippen LogP contribution in [0.2, 0.25) is 0 Å². The molecule has 0 radical (unpaired) electrons. The zero-order valence-electron chi connectivity index (χ0n) is 16.3. The minimum atomic E-state index is -0.104. The lowest BCUT2D eigenvalue weighted by molar-refractivity contribution is 0.0756. The lowest BCUT2D eigenvalue weighted by Crippen LogP contribution is -2.34. The summed E-state index contributed by atoms with van der Waals surface area (Å²) in [5.74, 6) is 1.41. The van der Waals surface area contributed by atoms with Gasteiger partial charge in [-0.25, -0.2) is 0 Å². The molecule has 4 heterocycles. The molecule has 0 bridgehead atoms. The molecule has 0 aliphatic carbocycles. The van der Waals surface area contributed by atoms with Crippen molar-refractivity contribution >= 4 is 18.3 Å². The van der Waals surface area contributed by atoms with Crippen LogP contribution in [0.1, 0.15) is 27.8 Å². The molecule has 3 atom stereocenters. The Kier molecular flexibility index (Phi) is 5.10. The van der Waals surface area contributed by atoms with E-state index in [-0.39, 0.29) is 24.1 Å². The molecule has 1 aromatic carbocycles. The lowest BCUT2D eigenvalue weighted by Gasteiger charge is -2.27. The quantitative estimate of drug-likeness (QED) is 0.697. The first-order chi connectivity index (χ1) is 13.6. The van der Waals surface area contributed by atoms with Crippen LogP contribution < -0.4 is 0 Å². The van der Waals surface area contributed by atoms with E-state index in [0.29, 0.717) is 23.8 Å². The van der Waals surface area contributed by atoms with E-state index in [1.165, 1.54) is 23.8 Å². The second kappa shape index (κ2) is 7.57. The molecule has 2 aliphatic rings. The number of rotatable bonds is 3. The fourth-order valence-corrected chi connectivity index (χ4v) is 4.73. The van der Waals surface area contributed by atoms with E-state index in [9.17, 15) is 4.79 Å². The Bertz CT molecular complexity index is 1000. The zero-order valence-corrected chi connectivity index (χ0v) is 17.1. The summed E-state index contributed by atoms with van der Waals surface area (Å²) in [7, 11) is 2.18. The molecule has 5 rings (SSSR count). The third-order valence-electron chi connectivity index (χ3n) is 6.01. The fraction of sp³-hybridized carbons (Fsp3) is 0.421. The molecule has 2 fully saturated rings. The van der Waals surface area contributed by atoms with Crippen LogP contribution in [-0.4, -0.2) is 72.3 Å². The monoisotopic (exact) mass is 414 g/mol. The van der Waals surface area contributed by atoms with Crippen molar-refractivity contribution < 1.29 is 4.79 Å². The highest BCUT2D eigenvalue weighted by Gasteiger charge is 2.47. The second-order valence-electron chi connectivity index (χ2n) is 7.73. The van der Waals surface area contributed by atoms with Gasteiger partial charge in [0.25, 0.3) is 11.9 Å². The summed E-state index contributed by atoms with van der Waals surface area (Å²) in [6.07, 6.45) is 3.00. The molecule has 0 spiro atoms. The van der Waals surface area contributed by atoms with E-state index < -0.39 is 0 Å². The van der Waals surface area contributed by atoms with Crippen LogP contribution in [0.4, 0.5) is 0 Å². The minimum absolute atomic E-state index is 0. The Morgan fingerprint density at radius 3 is 2.66 bits per heavy atom. The van der Waals surface area contributed by atoms with Gasteiger partial charge in [-0.05, 0) is 31.0 Å². The molecule has 2 aromatic heterocycles. The van der Waals surface area contributed by atoms with Crippen molar-refractivity contribution in [1.29, 1.82) is 0 Å². The number of likely N-dealkylation sites (tertiary alicyclic amines) is 2. The van der Waals surface area contributed by atoms with Crippen LogP contribution in [0.3, 0.4) is 0 Å². The average molecular weight is 415 g/mol. The minimum Gasteiger partial charge on any atom is -0.335 e. The van der Waals surface area contributed by atoms with Crippen molar-refractivity contribution in [3.05, 3.63) is 53.9 Å². The molecule has 9 nitrogen and oxygen atoms in total. The number of benzene rings is 1. The van der Waals surface area contributed by atoms with Gasteiger partial charge in [0.1, 0.15) is 12.7 Å². The summed E-state index contributed by atoms with van der Waals surface area (Å²) in [5, 5.41) is 14.3. The van der Waals surface area contributed by atoms with Gasteiger partial charge in [0.2, 0.25) is 5.82 Å². The molecule has 0 unspecified atom stereocenters. The number of nitrogens with one attached hydrogen (secondary N) is 1. The molecule has 0 saturated carbocycles. The number of amides is 1. The van der Waals surface area contributed by atoms with Crippen molar-refractivity contribution in [2.24, 2.45) is 11.8 Å².